The van der Waals surface area contributed by atoms with Gasteiger partial charge in [0.1, 0.15) is 0 Å². The Bertz CT molecular complexity index is 707. The van der Waals surface area contributed by atoms with Crippen LogP contribution in [0.4, 0.5) is 0 Å². The van der Waals surface area contributed by atoms with Gasteiger partial charge in [-0.25, -0.2) is 0 Å². The first kappa shape index (κ1) is 11.8. The predicted molar refractivity (Wildman–Crippen MR) is 77.7 cm³/mol. The Morgan fingerprint density at radius 3 is 2.89 bits per heavy atom. The summed E-state index contributed by atoms with van der Waals surface area (Å²) in [6, 6.07) is 12.5. The summed E-state index contributed by atoms with van der Waals surface area (Å²) < 4.78 is 0. The first-order valence-electron chi connectivity index (χ1n) is 6.30. The van der Waals surface area contributed by atoms with E-state index in [1.807, 2.05) is 31.7 Å². The summed E-state index contributed by atoms with van der Waals surface area (Å²) >= 11 is 0. The van der Waals surface area contributed by atoms with Crippen LogP contribution < -0.4 is 5.32 Å². The quantitative estimate of drug-likeness (QED) is 0.775. The first-order chi connectivity index (χ1) is 9.36. The van der Waals surface area contributed by atoms with Crippen molar-refractivity contribution in [2.24, 2.45) is 0 Å². The zero-order valence-electron chi connectivity index (χ0n) is 10.8. The van der Waals surface area contributed by atoms with Crippen molar-refractivity contribution in [3.63, 3.8) is 0 Å². The van der Waals surface area contributed by atoms with Crippen molar-refractivity contribution in [1.29, 1.82) is 0 Å². The molecule has 0 aliphatic rings. The number of nitrogens with zero attached hydrogens (tertiary/aromatic N) is 2. The van der Waals surface area contributed by atoms with E-state index in [0.29, 0.717) is 0 Å². The number of pyridine rings is 2. The maximum Gasteiger partial charge on any atom is 0.0708 e. The lowest BCUT2D eigenvalue weighted by atomic mass is 10.0. The molecule has 1 N–H and O–H groups in total. The molecule has 0 atom stereocenters. The number of rotatable bonds is 3. The van der Waals surface area contributed by atoms with Crippen molar-refractivity contribution in [2.45, 2.75) is 6.54 Å². The minimum atomic E-state index is 0.826. The molecule has 19 heavy (non-hydrogen) atoms. The van der Waals surface area contributed by atoms with Gasteiger partial charge in [-0.3, -0.25) is 9.97 Å². The van der Waals surface area contributed by atoms with Gasteiger partial charge in [0.25, 0.3) is 0 Å². The van der Waals surface area contributed by atoms with Crippen LogP contribution in [-0.2, 0) is 6.54 Å². The summed E-state index contributed by atoms with van der Waals surface area (Å²) in [6.45, 7) is 0.826. The van der Waals surface area contributed by atoms with Crippen LogP contribution in [0.15, 0.2) is 55.0 Å². The van der Waals surface area contributed by atoms with Gasteiger partial charge in [-0.1, -0.05) is 18.2 Å². The topological polar surface area (TPSA) is 37.8 Å². The smallest absolute Gasteiger partial charge is 0.0708 e. The molecule has 0 amide bonds. The Hall–Kier alpha value is -2.26. The van der Waals surface area contributed by atoms with E-state index in [9.17, 15) is 0 Å². The van der Waals surface area contributed by atoms with Crippen LogP contribution in [0.5, 0.6) is 0 Å². The molecular formula is C16H15N3. The third kappa shape index (κ3) is 2.46. The van der Waals surface area contributed by atoms with Gasteiger partial charge < -0.3 is 5.32 Å². The number of hydrogen-bond acceptors (Lipinski definition) is 3. The van der Waals surface area contributed by atoms with Crippen molar-refractivity contribution in [3.05, 3.63) is 60.6 Å². The van der Waals surface area contributed by atoms with E-state index in [1.54, 1.807) is 0 Å². The molecule has 0 spiro atoms. The van der Waals surface area contributed by atoms with E-state index in [2.05, 4.69) is 45.6 Å². The van der Waals surface area contributed by atoms with Crippen LogP contribution in [0, 0.1) is 0 Å². The molecule has 1 aromatic carbocycles. The lowest BCUT2D eigenvalue weighted by molar-refractivity contribution is 0.813. The van der Waals surface area contributed by atoms with Crippen LogP contribution in [0.1, 0.15) is 5.56 Å². The van der Waals surface area contributed by atoms with Gasteiger partial charge in [-0.2, -0.15) is 0 Å². The highest BCUT2D eigenvalue weighted by molar-refractivity contribution is 5.83. The lowest BCUT2D eigenvalue weighted by Crippen LogP contribution is -2.05. The summed E-state index contributed by atoms with van der Waals surface area (Å²) in [5, 5.41) is 4.30. The first-order valence-corrected chi connectivity index (χ1v) is 6.30. The summed E-state index contributed by atoms with van der Waals surface area (Å²) in [6.07, 6.45) is 5.60. The van der Waals surface area contributed by atoms with Crippen LogP contribution in [0.25, 0.3) is 22.0 Å². The minimum Gasteiger partial charge on any atom is -0.316 e. The van der Waals surface area contributed by atoms with Crippen molar-refractivity contribution >= 4 is 10.9 Å². The monoisotopic (exact) mass is 249 g/mol. The molecule has 0 fully saturated rings. The molecule has 0 aliphatic carbocycles. The number of hydrogen-bond donors (Lipinski definition) is 1. The van der Waals surface area contributed by atoms with Crippen LogP contribution in [0.3, 0.4) is 0 Å². The molecule has 0 bridgehead atoms. The molecular weight excluding hydrogens is 234 g/mol. The number of benzene rings is 1. The summed E-state index contributed by atoms with van der Waals surface area (Å²) in [5.41, 5.74) is 4.47. The third-order valence-corrected chi connectivity index (χ3v) is 3.12. The van der Waals surface area contributed by atoms with E-state index >= 15 is 0 Å². The molecule has 2 aromatic heterocycles. The predicted octanol–water partition coefficient (Wildman–Crippen LogP) is 3.02. The van der Waals surface area contributed by atoms with Gasteiger partial charge in [0.2, 0.25) is 0 Å². The molecule has 3 rings (SSSR count). The average molecular weight is 249 g/mol. The zero-order chi connectivity index (χ0) is 13.1. The summed E-state index contributed by atoms with van der Waals surface area (Å²) in [7, 11) is 1.94. The van der Waals surface area contributed by atoms with Crippen LogP contribution >= 0.6 is 0 Å². The highest BCUT2D eigenvalue weighted by atomic mass is 14.8. The fourth-order valence-corrected chi connectivity index (χ4v) is 2.19. The van der Waals surface area contributed by atoms with E-state index in [1.165, 1.54) is 5.56 Å². The Balaban J connectivity index is 2.05. The molecule has 2 heterocycles. The second-order valence-corrected chi connectivity index (χ2v) is 4.52. The number of aromatic nitrogens is 2. The van der Waals surface area contributed by atoms with Crippen molar-refractivity contribution in [3.8, 4) is 11.1 Å². The fraction of sp³-hybridized carbons (Fsp3) is 0.125. The van der Waals surface area contributed by atoms with Gasteiger partial charge >= 0.3 is 0 Å². The van der Waals surface area contributed by atoms with Crippen LogP contribution in [0.2, 0.25) is 0 Å². The Morgan fingerprint density at radius 1 is 1.05 bits per heavy atom. The van der Waals surface area contributed by atoms with E-state index in [4.69, 9.17) is 0 Å². The minimum absolute atomic E-state index is 0.826. The Labute approximate surface area is 112 Å². The maximum atomic E-state index is 4.39. The second kappa shape index (κ2) is 5.16. The summed E-state index contributed by atoms with van der Waals surface area (Å²) in [5.74, 6) is 0. The Morgan fingerprint density at radius 2 is 2.00 bits per heavy atom. The van der Waals surface area contributed by atoms with E-state index < -0.39 is 0 Å². The SMILES string of the molecule is CNCc1cncc(-c2ccc3cccnc3c2)c1. The second-order valence-electron chi connectivity index (χ2n) is 4.52. The normalized spacial score (nSPS) is 10.8. The van der Waals surface area contributed by atoms with Crippen molar-refractivity contribution < 1.29 is 0 Å². The standard InChI is InChI=1S/C16H15N3/c1-17-9-12-7-15(11-18-10-12)14-5-4-13-3-2-6-19-16(13)8-14/h2-8,10-11,17H,9H2,1H3. The third-order valence-electron chi connectivity index (χ3n) is 3.12. The van der Waals surface area contributed by atoms with E-state index in [0.717, 1.165) is 28.6 Å². The van der Waals surface area contributed by atoms with Gasteiger partial charge in [0, 0.05) is 36.1 Å². The molecule has 0 unspecified atom stereocenters. The van der Waals surface area contributed by atoms with Gasteiger partial charge in [-0.15, -0.1) is 0 Å². The number of nitrogens with one attached hydrogen (secondary N) is 1. The lowest BCUT2D eigenvalue weighted by Gasteiger charge is -2.05. The fourth-order valence-electron chi connectivity index (χ4n) is 2.19. The van der Waals surface area contributed by atoms with E-state index in [-0.39, 0.29) is 0 Å². The number of fused-ring (bicyclic) bond motifs is 1. The van der Waals surface area contributed by atoms with Crippen molar-refractivity contribution in [2.75, 3.05) is 7.05 Å². The molecule has 0 aliphatic heterocycles. The average Bonchev–Trinajstić information content (AvgIpc) is 2.47. The molecule has 3 heteroatoms. The summed E-state index contributed by atoms with van der Waals surface area (Å²) in [4.78, 5) is 8.69. The Kier molecular flexibility index (Phi) is 3.21. The maximum absolute atomic E-state index is 4.39. The van der Waals surface area contributed by atoms with Gasteiger partial charge in [0.05, 0.1) is 5.52 Å². The molecule has 94 valence electrons. The molecule has 3 aromatic rings. The van der Waals surface area contributed by atoms with Crippen LogP contribution in [-0.4, -0.2) is 17.0 Å². The molecule has 0 saturated carbocycles. The highest BCUT2D eigenvalue weighted by Crippen LogP contribution is 2.23. The molecule has 3 nitrogen and oxygen atoms in total. The molecule has 0 saturated heterocycles. The molecule has 0 radical (unpaired) electrons. The van der Waals surface area contributed by atoms with Gasteiger partial charge in [-0.05, 0) is 36.4 Å². The van der Waals surface area contributed by atoms with Gasteiger partial charge in [0.15, 0.2) is 0 Å². The van der Waals surface area contributed by atoms with Crippen molar-refractivity contribution in [1.82, 2.24) is 15.3 Å². The largest absolute Gasteiger partial charge is 0.316 e. The highest BCUT2D eigenvalue weighted by Gasteiger charge is 2.02. The zero-order valence-corrected chi connectivity index (χ0v) is 10.8.